The number of hydrogen-bond acceptors (Lipinski definition) is 4. The highest BCUT2D eigenvalue weighted by atomic mass is 32.2. The van der Waals surface area contributed by atoms with Crippen LogP contribution >= 0.6 is 0 Å². The molecule has 1 rings (SSSR count). The first-order chi connectivity index (χ1) is 9.02. The van der Waals surface area contributed by atoms with Crippen LogP contribution in [0.3, 0.4) is 0 Å². The Hall–Kier alpha value is -1.14. The highest BCUT2D eigenvalue weighted by Gasteiger charge is 2.06. The number of aromatic amines is 1. The van der Waals surface area contributed by atoms with Crippen LogP contribution in [0.25, 0.3) is 0 Å². The lowest BCUT2D eigenvalue weighted by molar-refractivity contribution is 0.313. The van der Waals surface area contributed by atoms with Gasteiger partial charge in [0, 0.05) is 41.1 Å². The minimum absolute atomic E-state index is 0.160. The summed E-state index contributed by atoms with van der Waals surface area (Å²) in [6.45, 7) is 3.28. The van der Waals surface area contributed by atoms with E-state index in [0.717, 1.165) is 13.0 Å². The number of pyridine rings is 1. The number of ether oxygens (including phenoxy) is 1. The van der Waals surface area contributed by atoms with E-state index >= 15 is 0 Å². The minimum atomic E-state index is -0.964. The fraction of sp³-hybridized carbons (Fsp3) is 0.615. The maximum Gasteiger partial charge on any atom is 0.223 e. The van der Waals surface area contributed by atoms with Crippen molar-refractivity contribution in [3.8, 4) is 5.75 Å². The van der Waals surface area contributed by atoms with Gasteiger partial charge in [0.05, 0.1) is 12.4 Å². The molecule has 1 N–H and O–H groups in total. The predicted molar refractivity (Wildman–Crippen MR) is 78.1 cm³/mol. The summed E-state index contributed by atoms with van der Waals surface area (Å²) in [6.07, 6.45) is 2.41. The number of H-pyrrole nitrogens is 1. The fourth-order valence-corrected chi connectivity index (χ4v) is 2.67. The van der Waals surface area contributed by atoms with Gasteiger partial charge < -0.3 is 14.6 Å². The Morgan fingerprint density at radius 2 is 2.16 bits per heavy atom. The monoisotopic (exact) mass is 286 g/mol. The van der Waals surface area contributed by atoms with Crippen LogP contribution in [-0.2, 0) is 16.6 Å². The smallest absolute Gasteiger partial charge is 0.223 e. The van der Waals surface area contributed by atoms with Crippen LogP contribution in [-0.4, -0.2) is 47.1 Å². The topological polar surface area (TPSA) is 62.4 Å². The predicted octanol–water partition coefficient (Wildman–Crippen LogP) is 0.974. The maximum absolute atomic E-state index is 11.8. The first-order valence-electron chi connectivity index (χ1n) is 6.37. The molecule has 1 heterocycles. The second-order valence-electron chi connectivity index (χ2n) is 4.63. The van der Waals surface area contributed by atoms with Gasteiger partial charge in [-0.2, -0.15) is 0 Å². The van der Waals surface area contributed by atoms with E-state index in [-0.39, 0.29) is 5.43 Å². The molecule has 0 amide bonds. The van der Waals surface area contributed by atoms with Gasteiger partial charge in [0.2, 0.25) is 5.43 Å². The van der Waals surface area contributed by atoms with E-state index in [9.17, 15) is 9.00 Å². The number of nitrogens with zero attached hydrogens (tertiary/aromatic N) is 1. The summed E-state index contributed by atoms with van der Waals surface area (Å²) in [5.41, 5.74) is 0.526. The molecule has 0 fully saturated rings. The standard InChI is InChI=1S/C13H22N2O3S/c1-4-6-18-13-9-14-11(8-12(13)16)10-19(17)7-5-15(2)3/h8-9H,4-7,10H2,1-3H3,(H,14,16). The summed E-state index contributed by atoms with van der Waals surface area (Å²) in [7, 11) is 2.92. The summed E-state index contributed by atoms with van der Waals surface area (Å²) >= 11 is 0. The Labute approximate surface area is 116 Å². The largest absolute Gasteiger partial charge is 0.488 e. The second-order valence-corrected chi connectivity index (χ2v) is 6.20. The first kappa shape index (κ1) is 15.9. The first-order valence-corrected chi connectivity index (χ1v) is 7.85. The van der Waals surface area contributed by atoms with Crippen LogP contribution in [0.15, 0.2) is 17.1 Å². The molecule has 108 valence electrons. The molecule has 5 nitrogen and oxygen atoms in total. The van der Waals surface area contributed by atoms with Crippen LogP contribution in [0, 0.1) is 0 Å². The average Bonchev–Trinajstić information content (AvgIpc) is 2.35. The van der Waals surface area contributed by atoms with Gasteiger partial charge in [-0.25, -0.2) is 0 Å². The van der Waals surface area contributed by atoms with Crippen molar-refractivity contribution < 1.29 is 8.95 Å². The van der Waals surface area contributed by atoms with E-state index in [1.165, 1.54) is 6.07 Å². The maximum atomic E-state index is 11.8. The highest BCUT2D eigenvalue weighted by Crippen LogP contribution is 2.04. The van der Waals surface area contributed by atoms with Gasteiger partial charge in [-0.05, 0) is 20.5 Å². The summed E-state index contributed by atoms with van der Waals surface area (Å²) in [5.74, 6) is 1.30. The SMILES string of the molecule is CCCOc1c[nH]c(CS(=O)CCN(C)C)cc1=O. The van der Waals surface area contributed by atoms with Crippen molar-refractivity contribution in [2.75, 3.05) is 33.0 Å². The molecule has 0 saturated carbocycles. The van der Waals surface area contributed by atoms with Gasteiger partial charge in [-0.3, -0.25) is 9.00 Å². The molecule has 1 aromatic heterocycles. The summed E-state index contributed by atoms with van der Waals surface area (Å²) < 4.78 is 17.1. The third-order valence-corrected chi connectivity index (χ3v) is 3.75. The van der Waals surface area contributed by atoms with Gasteiger partial charge in [0.15, 0.2) is 5.75 Å². The molecule has 0 aliphatic rings. The fourth-order valence-electron chi connectivity index (χ4n) is 1.44. The highest BCUT2D eigenvalue weighted by molar-refractivity contribution is 7.84. The lowest BCUT2D eigenvalue weighted by Crippen LogP contribution is -2.20. The van der Waals surface area contributed by atoms with Crippen molar-refractivity contribution in [1.29, 1.82) is 0 Å². The Kier molecular flexibility index (Phi) is 6.80. The van der Waals surface area contributed by atoms with Crippen LogP contribution in [0.4, 0.5) is 0 Å². The molecule has 1 unspecified atom stereocenters. The quantitative estimate of drug-likeness (QED) is 0.773. The molecule has 19 heavy (non-hydrogen) atoms. The molecular weight excluding hydrogens is 264 g/mol. The number of aromatic nitrogens is 1. The second kappa shape index (κ2) is 8.12. The van der Waals surface area contributed by atoms with Crippen molar-refractivity contribution in [2.24, 2.45) is 0 Å². The van der Waals surface area contributed by atoms with E-state index < -0.39 is 10.8 Å². The zero-order chi connectivity index (χ0) is 14.3. The van der Waals surface area contributed by atoms with Crippen LogP contribution < -0.4 is 10.2 Å². The Morgan fingerprint density at radius 1 is 1.42 bits per heavy atom. The van der Waals surface area contributed by atoms with Gasteiger partial charge in [-0.15, -0.1) is 0 Å². The number of rotatable bonds is 8. The molecular formula is C13H22N2O3S. The van der Waals surface area contributed by atoms with E-state index in [0.29, 0.717) is 29.6 Å². The molecule has 6 heteroatoms. The van der Waals surface area contributed by atoms with Crippen molar-refractivity contribution in [1.82, 2.24) is 9.88 Å². The molecule has 0 aromatic carbocycles. The number of nitrogens with one attached hydrogen (secondary N) is 1. The van der Waals surface area contributed by atoms with Crippen LogP contribution in [0.5, 0.6) is 5.75 Å². The van der Waals surface area contributed by atoms with Crippen molar-refractivity contribution >= 4 is 10.8 Å². The molecule has 1 aromatic rings. The van der Waals surface area contributed by atoms with Gasteiger partial charge in [-0.1, -0.05) is 6.92 Å². The van der Waals surface area contributed by atoms with E-state index in [1.54, 1.807) is 6.20 Å². The number of hydrogen-bond donors (Lipinski definition) is 1. The van der Waals surface area contributed by atoms with Gasteiger partial charge in [0.1, 0.15) is 0 Å². The average molecular weight is 286 g/mol. The summed E-state index contributed by atoms with van der Waals surface area (Å²) in [5, 5.41) is 0. The minimum Gasteiger partial charge on any atom is -0.488 e. The molecule has 1 atom stereocenters. The lowest BCUT2D eigenvalue weighted by atomic mass is 10.3. The van der Waals surface area contributed by atoms with E-state index in [1.807, 2.05) is 25.9 Å². The van der Waals surface area contributed by atoms with E-state index in [4.69, 9.17) is 4.74 Å². The van der Waals surface area contributed by atoms with Crippen LogP contribution in [0.1, 0.15) is 19.0 Å². The third-order valence-electron chi connectivity index (χ3n) is 2.48. The molecule has 0 saturated heterocycles. The summed E-state index contributed by atoms with van der Waals surface area (Å²) in [6, 6.07) is 1.47. The zero-order valence-electron chi connectivity index (χ0n) is 11.8. The van der Waals surface area contributed by atoms with E-state index in [2.05, 4.69) is 4.98 Å². The Morgan fingerprint density at radius 3 is 2.74 bits per heavy atom. The molecule has 0 aliphatic heterocycles. The molecule has 0 bridgehead atoms. The molecule has 0 spiro atoms. The third kappa shape index (κ3) is 6.02. The zero-order valence-corrected chi connectivity index (χ0v) is 12.6. The Balaban J connectivity index is 2.58. The summed E-state index contributed by atoms with van der Waals surface area (Å²) in [4.78, 5) is 16.7. The van der Waals surface area contributed by atoms with Crippen LogP contribution in [0.2, 0.25) is 0 Å². The van der Waals surface area contributed by atoms with Gasteiger partial charge >= 0.3 is 0 Å². The van der Waals surface area contributed by atoms with Crippen molar-refractivity contribution in [2.45, 2.75) is 19.1 Å². The van der Waals surface area contributed by atoms with Gasteiger partial charge in [0.25, 0.3) is 0 Å². The normalized spacial score (nSPS) is 12.6. The lowest BCUT2D eigenvalue weighted by Gasteiger charge is -2.09. The molecule has 0 radical (unpaired) electrons. The van der Waals surface area contributed by atoms with Crippen molar-refractivity contribution in [3.05, 3.63) is 28.2 Å². The van der Waals surface area contributed by atoms with Crippen molar-refractivity contribution in [3.63, 3.8) is 0 Å². The molecule has 0 aliphatic carbocycles. The Bertz CT molecular complexity index is 471.